The molecule has 0 spiro atoms. The average Bonchev–Trinajstić information content (AvgIpc) is 2.59. The van der Waals surface area contributed by atoms with Crippen molar-refractivity contribution in [1.29, 1.82) is 0 Å². The molecule has 0 unspecified atom stereocenters. The monoisotopic (exact) mass is 325 g/mol. The maximum absolute atomic E-state index is 11.0. The first kappa shape index (κ1) is 16.5. The minimum Gasteiger partial charge on any atom is -0.490 e. The molecule has 2 aromatic carbocycles. The number of piperidine rings is 1. The normalized spacial score (nSPS) is 16.0. The van der Waals surface area contributed by atoms with Crippen LogP contribution < -0.4 is 4.74 Å². The molecule has 3 rings (SSSR count). The van der Waals surface area contributed by atoms with Crippen LogP contribution in [0.25, 0.3) is 0 Å². The molecule has 0 aliphatic carbocycles. The Hall–Kier alpha value is -2.33. The first-order valence-corrected chi connectivity index (χ1v) is 8.39. The van der Waals surface area contributed by atoms with E-state index in [1.54, 1.807) is 18.2 Å². The van der Waals surface area contributed by atoms with Crippen LogP contribution in [0.2, 0.25) is 0 Å². The van der Waals surface area contributed by atoms with E-state index in [-0.39, 0.29) is 6.10 Å². The summed E-state index contributed by atoms with van der Waals surface area (Å²) in [7, 11) is 0. The van der Waals surface area contributed by atoms with Crippen LogP contribution in [0.3, 0.4) is 0 Å². The average molecular weight is 325 g/mol. The van der Waals surface area contributed by atoms with Gasteiger partial charge in [0.15, 0.2) is 0 Å². The summed E-state index contributed by atoms with van der Waals surface area (Å²) in [6.45, 7) is 4.92. The molecule has 0 aromatic heterocycles. The van der Waals surface area contributed by atoms with Crippen LogP contribution >= 0.6 is 0 Å². The second-order valence-corrected chi connectivity index (χ2v) is 6.36. The molecule has 126 valence electrons. The van der Waals surface area contributed by atoms with E-state index >= 15 is 0 Å². The van der Waals surface area contributed by atoms with E-state index in [0.29, 0.717) is 5.56 Å². The van der Waals surface area contributed by atoms with Gasteiger partial charge in [0.25, 0.3) is 0 Å². The van der Waals surface area contributed by atoms with Gasteiger partial charge in [-0.2, -0.15) is 0 Å². The zero-order valence-electron chi connectivity index (χ0n) is 13.9. The van der Waals surface area contributed by atoms with E-state index in [1.165, 1.54) is 5.56 Å². The Morgan fingerprint density at radius 3 is 2.50 bits per heavy atom. The fourth-order valence-electron chi connectivity index (χ4n) is 3.12. The molecule has 24 heavy (non-hydrogen) atoms. The van der Waals surface area contributed by atoms with Crippen molar-refractivity contribution in [1.82, 2.24) is 4.90 Å². The number of ether oxygens (including phenoxy) is 1. The lowest BCUT2D eigenvalue weighted by Crippen LogP contribution is -2.37. The number of carbonyl (C=O) groups is 1. The van der Waals surface area contributed by atoms with Gasteiger partial charge in [-0.05, 0) is 49.1 Å². The van der Waals surface area contributed by atoms with Crippen molar-refractivity contribution in [2.75, 3.05) is 13.1 Å². The summed E-state index contributed by atoms with van der Waals surface area (Å²) in [6.07, 6.45) is 2.19. The highest BCUT2D eigenvalue weighted by atomic mass is 16.5. The third-order valence-corrected chi connectivity index (χ3v) is 4.50. The third kappa shape index (κ3) is 4.15. The molecular weight excluding hydrogens is 302 g/mol. The van der Waals surface area contributed by atoms with Crippen molar-refractivity contribution in [2.45, 2.75) is 32.4 Å². The molecule has 4 heteroatoms. The topological polar surface area (TPSA) is 49.8 Å². The molecule has 1 saturated heterocycles. The van der Waals surface area contributed by atoms with Gasteiger partial charge in [-0.15, -0.1) is 0 Å². The third-order valence-electron chi connectivity index (χ3n) is 4.50. The SMILES string of the molecule is Cc1cc(C(=O)O)ccc1OC1CCN(Cc2ccccc2)CC1. The summed E-state index contributed by atoms with van der Waals surface area (Å²) in [5.74, 6) is -0.111. The van der Waals surface area contributed by atoms with Crippen molar-refractivity contribution in [2.24, 2.45) is 0 Å². The summed E-state index contributed by atoms with van der Waals surface area (Å²) in [6, 6.07) is 15.6. The molecular formula is C20H23NO3. The minimum absolute atomic E-state index is 0.200. The number of likely N-dealkylation sites (tertiary alicyclic amines) is 1. The smallest absolute Gasteiger partial charge is 0.335 e. The predicted octanol–water partition coefficient (Wildman–Crippen LogP) is 3.74. The molecule has 0 atom stereocenters. The van der Waals surface area contributed by atoms with Gasteiger partial charge in [-0.3, -0.25) is 4.90 Å². The number of nitrogens with zero attached hydrogens (tertiary/aromatic N) is 1. The lowest BCUT2D eigenvalue weighted by atomic mass is 10.1. The molecule has 0 bridgehead atoms. The van der Waals surface area contributed by atoms with Crippen LogP contribution in [0.5, 0.6) is 5.75 Å². The number of benzene rings is 2. The van der Waals surface area contributed by atoms with Crippen LogP contribution in [0, 0.1) is 6.92 Å². The largest absolute Gasteiger partial charge is 0.490 e. The fraction of sp³-hybridized carbons (Fsp3) is 0.350. The summed E-state index contributed by atoms with van der Waals surface area (Å²) in [5, 5.41) is 9.03. The molecule has 0 radical (unpaired) electrons. The van der Waals surface area contributed by atoms with Gasteiger partial charge in [0, 0.05) is 19.6 Å². The van der Waals surface area contributed by atoms with Gasteiger partial charge >= 0.3 is 5.97 Å². The zero-order valence-corrected chi connectivity index (χ0v) is 13.9. The summed E-state index contributed by atoms with van der Waals surface area (Å²) in [5.41, 5.74) is 2.52. The standard InChI is InChI=1S/C20H23NO3/c1-15-13-17(20(22)23)7-8-19(15)24-18-9-11-21(12-10-18)14-16-5-3-2-4-6-16/h2-8,13,18H,9-12,14H2,1H3,(H,22,23). The highest BCUT2D eigenvalue weighted by Gasteiger charge is 2.21. The van der Waals surface area contributed by atoms with Crippen LogP contribution in [-0.4, -0.2) is 35.2 Å². The number of aryl methyl sites for hydroxylation is 1. The van der Waals surface area contributed by atoms with Gasteiger partial charge in [0.1, 0.15) is 11.9 Å². The van der Waals surface area contributed by atoms with Gasteiger partial charge < -0.3 is 9.84 Å². The van der Waals surface area contributed by atoms with Crippen LogP contribution in [0.15, 0.2) is 48.5 Å². The Labute approximate surface area is 142 Å². The predicted molar refractivity (Wildman–Crippen MR) is 93.5 cm³/mol. The second kappa shape index (κ2) is 7.49. The highest BCUT2D eigenvalue weighted by molar-refractivity contribution is 5.88. The van der Waals surface area contributed by atoms with E-state index < -0.39 is 5.97 Å². The Kier molecular flexibility index (Phi) is 5.16. The van der Waals surface area contributed by atoms with Crippen LogP contribution in [0.1, 0.15) is 34.3 Å². The number of carboxylic acids is 1. The second-order valence-electron chi connectivity index (χ2n) is 6.36. The van der Waals surface area contributed by atoms with E-state index in [1.807, 2.05) is 13.0 Å². The number of hydrogen-bond acceptors (Lipinski definition) is 3. The van der Waals surface area contributed by atoms with Gasteiger partial charge in [0.05, 0.1) is 5.56 Å². The Morgan fingerprint density at radius 1 is 1.17 bits per heavy atom. The molecule has 1 aliphatic heterocycles. The van der Waals surface area contributed by atoms with E-state index in [2.05, 4.69) is 29.2 Å². The molecule has 1 fully saturated rings. The Balaban J connectivity index is 1.53. The van der Waals surface area contributed by atoms with E-state index in [4.69, 9.17) is 9.84 Å². The minimum atomic E-state index is -0.904. The zero-order chi connectivity index (χ0) is 16.9. The van der Waals surface area contributed by atoms with Crippen molar-refractivity contribution in [3.8, 4) is 5.75 Å². The fourth-order valence-corrected chi connectivity index (χ4v) is 3.12. The number of aromatic carboxylic acids is 1. The molecule has 0 amide bonds. The molecule has 2 aromatic rings. The maximum Gasteiger partial charge on any atom is 0.335 e. The molecule has 1 aliphatic rings. The molecule has 1 N–H and O–H groups in total. The van der Waals surface area contributed by atoms with E-state index in [9.17, 15) is 4.79 Å². The number of rotatable bonds is 5. The number of hydrogen-bond donors (Lipinski definition) is 1. The summed E-state index contributed by atoms with van der Waals surface area (Å²) >= 11 is 0. The lowest BCUT2D eigenvalue weighted by Gasteiger charge is -2.32. The van der Waals surface area contributed by atoms with Gasteiger partial charge in [0.2, 0.25) is 0 Å². The highest BCUT2D eigenvalue weighted by Crippen LogP contribution is 2.24. The maximum atomic E-state index is 11.0. The van der Waals surface area contributed by atoms with Crippen molar-refractivity contribution in [3.63, 3.8) is 0 Å². The van der Waals surface area contributed by atoms with Crippen LogP contribution in [-0.2, 0) is 6.54 Å². The first-order valence-electron chi connectivity index (χ1n) is 8.39. The van der Waals surface area contributed by atoms with E-state index in [0.717, 1.165) is 43.8 Å². The Morgan fingerprint density at radius 2 is 1.88 bits per heavy atom. The molecule has 1 heterocycles. The van der Waals surface area contributed by atoms with Crippen molar-refractivity contribution >= 4 is 5.97 Å². The summed E-state index contributed by atoms with van der Waals surface area (Å²) in [4.78, 5) is 13.4. The lowest BCUT2D eigenvalue weighted by molar-refractivity contribution is 0.0696. The first-order chi connectivity index (χ1) is 11.6. The van der Waals surface area contributed by atoms with Crippen molar-refractivity contribution < 1.29 is 14.6 Å². The molecule has 0 saturated carbocycles. The quantitative estimate of drug-likeness (QED) is 0.910. The molecule has 4 nitrogen and oxygen atoms in total. The van der Waals surface area contributed by atoms with Crippen LogP contribution in [0.4, 0.5) is 0 Å². The van der Waals surface area contributed by atoms with Crippen molar-refractivity contribution in [3.05, 3.63) is 65.2 Å². The summed E-state index contributed by atoms with van der Waals surface area (Å²) < 4.78 is 6.10. The van der Waals surface area contributed by atoms with Gasteiger partial charge in [-0.1, -0.05) is 30.3 Å². The van der Waals surface area contributed by atoms with Gasteiger partial charge in [-0.25, -0.2) is 4.79 Å². The number of carboxylic acid groups (broad SMARTS) is 1. The Bertz CT molecular complexity index is 691.